The van der Waals surface area contributed by atoms with Crippen LogP contribution in [0.3, 0.4) is 0 Å². The lowest BCUT2D eigenvalue weighted by Gasteiger charge is -2.40. The van der Waals surface area contributed by atoms with E-state index in [2.05, 4.69) is 31.2 Å². The summed E-state index contributed by atoms with van der Waals surface area (Å²) in [5.41, 5.74) is -1.23. The average molecular weight is 588 g/mol. The zero-order chi connectivity index (χ0) is 27.2. The molecule has 0 saturated heterocycles. The first-order valence-corrected chi connectivity index (χ1v) is 13.3. The summed E-state index contributed by atoms with van der Waals surface area (Å²) in [6.07, 6.45) is 4.74. The number of nitrogens with zero attached hydrogens (tertiary/aromatic N) is 2. The molecule has 3 N–H and O–H groups in total. The Morgan fingerprint density at radius 1 is 1.05 bits per heavy atom. The standard InChI is InChI=1S/C30H26BrN3O5/c1-38-22-16-33-17-23-26(22)29(37)27(35)24(28(36)34-15-18-6-5-13-32-14-18)25(19-7-3-2-4-8-19)30(29,39-23)20-9-11-21(31)12-10-20/h2-14,16-17,24-25,27,35,37H,15H2,1H3,(H,34,36)/t24?,25?,27-,29+,30?/m1/s1. The van der Waals surface area contributed by atoms with Gasteiger partial charge in [-0.05, 0) is 34.9 Å². The first-order chi connectivity index (χ1) is 18.9. The van der Waals surface area contributed by atoms with E-state index in [0.29, 0.717) is 5.56 Å². The Hall–Kier alpha value is -3.79. The number of nitrogens with one attached hydrogen (secondary N) is 1. The average Bonchev–Trinajstić information content (AvgIpc) is 3.35. The molecule has 6 rings (SSSR count). The summed E-state index contributed by atoms with van der Waals surface area (Å²) in [6, 6.07) is 20.4. The summed E-state index contributed by atoms with van der Waals surface area (Å²) in [5, 5.41) is 27.8. The van der Waals surface area contributed by atoms with E-state index in [1.54, 1.807) is 18.5 Å². The number of aliphatic hydroxyl groups excluding tert-OH is 1. The third-order valence-corrected chi connectivity index (χ3v) is 8.33. The van der Waals surface area contributed by atoms with E-state index in [-0.39, 0.29) is 23.6 Å². The number of carbonyl (C=O) groups is 1. The highest BCUT2D eigenvalue weighted by Gasteiger charge is 2.78. The Balaban J connectivity index is 1.57. The van der Waals surface area contributed by atoms with Gasteiger partial charge in [0.05, 0.1) is 31.0 Å². The molecule has 8 nitrogen and oxygen atoms in total. The topological polar surface area (TPSA) is 114 Å². The van der Waals surface area contributed by atoms with Gasteiger partial charge in [-0.25, -0.2) is 0 Å². The molecule has 4 aromatic rings. The summed E-state index contributed by atoms with van der Waals surface area (Å²) in [6.45, 7) is 0.214. The van der Waals surface area contributed by atoms with Crippen LogP contribution in [0.25, 0.3) is 0 Å². The number of hydrogen-bond acceptors (Lipinski definition) is 7. The lowest BCUT2D eigenvalue weighted by molar-refractivity contribution is -0.154. The van der Waals surface area contributed by atoms with Gasteiger partial charge in [0, 0.05) is 29.3 Å². The van der Waals surface area contributed by atoms with Crippen molar-refractivity contribution in [3.05, 3.63) is 118 Å². The second-order valence-corrected chi connectivity index (χ2v) is 10.7. The lowest BCUT2D eigenvalue weighted by Crippen LogP contribution is -2.52. The first kappa shape index (κ1) is 25.5. The minimum atomic E-state index is -2.05. The highest BCUT2D eigenvalue weighted by Crippen LogP contribution is 2.69. The third-order valence-electron chi connectivity index (χ3n) is 7.80. The highest BCUT2D eigenvalue weighted by atomic mass is 79.9. The van der Waals surface area contributed by atoms with Crippen LogP contribution in [0.4, 0.5) is 0 Å². The van der Waals surface area contributed by atoms with Crippen molar-refractivity contribution in [2.24, 2.45) is 5.92 Å². The molecule has 2 aliphatic rings. The fraction of sp³-hybridized carbons (Fsp3) is 0.233. The number of halogens is 1. The van der Waals surface area contributed by atoms with Crippen molar-refractivity contribution in [2.75, 3.05) is 7.11 Å². The molecule has 2 aromatic carbocycles. The van der Waals surface area contributed by atoms with Crippen LogP contribution in [0.5, 0.6) is 11.5 Å². The molecular weight excluding hydrogens is 562 g/mol. The number of hydrogen-bond donors (Lipinski definition) is 3. The molecule has 9 heteroatoms. The van der Waals surface area contributed by atoms with Crippen molar-refractivity contribution in [1.82, 2.24) is 15.3 Å². The number of aromatic nitrogens is 2. The molecule has 5 atom stereocenters. The monoisotopic (exact) mass is 587 g/mol. The molecule has 3 heterocycles. The van der Waals surface area contributed by atoms with Crippen LogP contribution in [0.2, 0.25) is 0 Å². The minimum absolute atomic E-state index is 0.214. The summed E-state index contributed by atoms with van der Waals surface area (Å²) >= 11 is 3.49. The van der Waals surface area contributed by atoms with Gasteiger partial charge >= 0.3 is 0 Å². The van der Waals surface area contributed by atoms with Crippen molar-refractivity contribution in [3.8, 4) is 11.5 Å². The van der Waals surface area contributed by atoms with E-state index >= 15 is 0 Å². The minimum Gasteiger partial charge on any atom is -0.495 e. The molecule has 1 saturated carbocycles. The van der Waals surface area contributed by atoms with Crippen LogP contribution in [0.1, 0.15) is 28.2 Å². The molecule has 3 unspecified atom stereocenters. The number of ether oxygens (including phenoxy) is 2. The number of rotatable bonds is 6. The molecule has 1 fully saturated rings. The van der Waals surface area contributed by atoms with Crippen LogP contribution in [0.15, 0.2) is 96.0 Å². The van der Waals surface area contributed by atoms with Crippen molar-refractivity contribution >= 4 is 21.8 Å². The largest absolute Gasteiger partial charge is 0.495 e. The molecule has 0 bridgehead atoms. The van der Waals surface area contributed by atoms with E-state index in [0.717, 1.165) is 15.6 Å². The van der Waals surface area contributed by atoms with Crippen molar-refractivity contribution in [1.29, 1.82) is 0 Å². The van der Waals surface area contributed by atoms with E-state index in [4.69, 9.17) is 9.47 Å². The van der Waals surface area contributed by atoms with Crippen LogP contribution in [-0.2, 0) is 22.5 Å². The number of pyridine rings is 2. The lowest BCUT2D eigenvalue weighted by atomic mass is 9.70. The van der Waals surface area contributed by atoms with Gasteiger partial charge in [0.2, 0.25) is 5.91 Å². The third kappa shape index (κ3) is 3.76. The Kier molecular flexibility index (Phi) is 6.37. The maximum atomic E-state index is 14.0. The number of benzene rings is 2. The van der Waals surface area contributed by atoms with E-state index < -0.39 is 35.0 Å². The second-order valence-electron chi connectivity index (χ2n) is 9.76. The Bertz CT molecular complexity index is 1500. The van der Waals surface area contributed by atoms with Gasteiger partial charge in [0.25, 0.3) is 0 Å². The normalized spacial score (nSPS) is 26.8. The van der Waals surface area contributed by atoms with Gasteiger partial charge in [-0.2, -0.15) is 0 Å². The Morgan fingerprint density at radius 3 is 2.51 bits per heavy atom. The molecule has 198 valence electrons. The van der Waals surface area contributed by atoms with Gasteiger partial charge in [-0.1, -0.05) is 64.5 Å². The van der Waals surface area contributed by atoms with Crippen molar-refractivity contribution in [3.63, 3.8) is 0 Å². The fourth-order valence-electron chi connectivity index (χ4n) is 6.19. The molecule has 39 heavy (non-hydrogen) atoms. The van der Waals surface area contributed by atoms with E-state index in [1.165, 1.54) is 19.5 Å². The highest BCUT2D eigenvalue weighted by molar-refractivity contribution is 9.10. The zero-order valence-corrected chi connectivity index (χ0v) is 22.6. The van der Waals surface area contributed by atoms with Gasteiger partial charge in [-0.15, -0.1) is 0 Å². The molecule has 1 amide bonds. The Morgan fingerprint density at radius 2 is 1.82 bits per heavy atom. The van der Waals surface area contributed by atoms with Crippen LogP contribution < -0.4 is 14.8 Å². The quantitative estimate of drug-likeness (QED) is 0.314. The van der Waals surface area contributed by atoms with Gasteiger partial charge in [-0.3, -0.25) is 14.8 Å². The van der Waals surface area contributed by atoms with Crippen molar-refractivity contribution < 1.29 is 24.5 Å². The maximum absolute atomic E-state index is 14.0. The molecular formula is C30H26BrN3O5. The predicted octanol–water partition coefficient (Wildman–Crippen LogP) is 3.81. The summed E-state index contributed by atoms with van der Waals surface area (Å²) in [4.78, 5) is 22.3. The SMILES string of the molecule is COc1cncc2c1[C@]1(O)[C@H](O)C(C(=O)NCc3cccnc3)C(c3ccccc3)C1(c1ccc(Br)cc1)O2. The molecule has 1 aliphatic carbocycles. The molecule has 0 radical (unpaired) electrons. The maximum Gasteiger partial charge on any atom is 0.226 e. The summed E-state index contributed by atoms with van der Waals surface area (Å²) in [5.74, 6) is -1.74. The first-order valence-electron chi connectivity index (χ1n) is 12.5. The number of methoxy groups -OCH3 is 1. The zero-order valence-electron chi connectivity index (χ0n) is 21.0. The van der Waals surface area contributed by atoms with Gasteiger partial charge < -0.3 is 25.0 Å². The molecule has 2 aromatic heterocycles. The predicted molar refractivity (Wildman–Crippen MR) is 146 cm³/mol. The summed E-state index contributed by atoms with van der Waals surface area (Å²) in [7, 11) is 1.47. The van der Waals surface area contributed by atoms with Gasteiger partial charge in [0.1, 0.15) is 17.6 Å². The van der Waals surface area contributed by atoms with Crippen LogP contribution in [-0.4, -0.2) is 39.3 Å². The Labute approximate surface area is 233 Å². The molecule has 1 aliphatic heterocycles. The van der Waals surface area contributed by atoms with Crippen molar-refractivity contribution in [2.45, 2.75) is 29.8 Å². The van der Waals surface area contributed by atoms with Crippen LogP contribution >= 0.6 is 15.9 Å². The number of fused-ring (bicyclic) bond motifs is 3. The smallest absolute Gasteiger partial charge is 0.226 e. The summed E-state index contributed by atoms with van der Waals surface area (Å²) < 4.78 is 13.1. The van der Waals surface area contributed by atoms with E-state index in [1.807, 2.05) is 60.7 Å². The molecule has 0 spiro atoms. The second kappa shape index (κ2) is 9.75. The van der Waals surface area contributed by atoms with E-state index in [9.17, 15) is 15.0 Å². The number of amides is 1. The van der Waals surface area contributed by atoms with Crippen LogP contribution in [0, 0.1) is 5.92 Å². The number of aliphatic hydroxyl groups is 2. The number of carbonyl (C=O) groups excluding carboxylic acids is 1. The van der Waals surface area contributed by atoms with Gasteiger partial charge in [0.15, 0.2) is 11.2 Å². The fourth-order valence-corrected chi connectivity index (χ4v) is 6.46.